The summed E-state index contributed by atoms with van der Waals surface area (Å²) in [5.41, 5.74) is 0. The number of rotatable bonds is 0. The molecule has 0 heterocycles. The molecule has 0 bridgehead atoms. The molecule has 10 N–H and O–H groups in total. The molecule has 0 saturated carbocycles. The molecule has 0 amide bonds. The van der Waals surface area contributed by atoms with E-state index in [4.69, 9.17) is 0 Å². The first kappa shape index (κ1) is 2320. The Morgan fingerprint density at radius 1 is 0.308 bits per heavy atom. The Hall–Kier alpha value is 1.01. The van der Waals surface area contributed by atoms with E-state index in [1.807, 2.05) is 0 Å². The zero-order chi connectivity index (χ0) is 0. The van der Waals surface area contributed by atoms with Crippen molar-refractivity contribution in [2.24, 2.45) is 0 Å². The molecule has 10 nitrogen and oxygen atoms in total. The van der Waals surface area contributed by atoms with E-state index < -0.39 is 0 Å². The van der Waals surface area contributed by atoms with Crippen LogP contribution >= 0.6 is 0 Å². The summed E-state index contributed by atoms with van der Waals surface area (Å²) in [6.07, 6.45) is 0. The molecule has 0 aromatic rings. The van der Waals surface area contributed by atoms with Gasteiger partial charge in [0.1, 0.15) is 0 Å². The summed E-state index contributed by atoms with van der Waals surface area (Å²) >= 11 is 0. The summed E-state index contributed by atoms with van der Waals surface area (Å²) in [5.74, 6) is 0. The first-order valence-corrected chi connectivity index (χ1v) is 0. The third-order valence-corrected chi connectivity index (χ3v) is 0. The molecule has 13 heavy (non-hydrogen) atoms. The van der Waals surface area contributed by atoms with Crippen LogP contribution in [0.2, 0.25) is 0 Å². The summed E-state index contributed by atoms with van der Waals surface area (Å²) in [4.78, 5) is 0. The van der Waals surface area contributed by atoms with Crippen molar-refractivity contribution in [1.29, 1.82) is 0 Å². The van der Waals surface area contributed by atoms with E-state index >= 15 is 0 Å². The van der Waals surface area contributed by atoms with Gasteiger partial charge < -0.3 is 54.8 Å². The van der Waals surface area contributed by atoms with Crippen molar-refractivity contribution < 1.29 is 104 Å². The molecular weight excluding hydrogens is 453 g/mol. The van der Waals surface area contributed by atoms with Crippen molar-refractivity contribution in [3.05, 3.63) is 0 Å². The van der Waals surface area contributed by atoms with Crippen molar-refractivity contribution in [3.63, 3.8) is 0 Å². The van der Waals surface area contributed by atoms with Crippen LogP contribution in [0.1, 0.15) is 0 Å². The molecule has 0 fully saturated rings. The molecule has 13 heteroatoms. The fourth-order valence-corrected chi connectivity index (χ4v) is 0. The van der Waals surface area contributed by atoms with Gasteiger partial charge in [-0.2, -0.15) is 0 Å². The third kappa shape index (κ3) is 1540. The second kappa shape index (κ2) is 1840. The zero-order valence-electron chi connectivity index (χ0n) is 5.77. The number of hydrogen-bond donors (Lipinski definition) is 0. The van der Waals surface area contributed by atoms with Gasteiger partial charge in [-0.05, 0) is 0 Å². The van der Waals surface area contributed by atoms with E-state index in [2.05, 4.69) is 0 Å². The molecule has 0 aliphatic carbocycles. The molecule has 0 spiro atoms. The SMILES string of the molecule is F.[Nb+5].[OH-].[OH-].[OH-].[OH-].[OH-].[OH-].[OH-].[OH-].[OH-].[OH-].[Ta+5]. The maximum Gasteiger partial charge on any atom is 5.00 e. The Labute approximate surface area is 104 Å². The Morgan fingerprint density at radius 2 is 0.308 bits per heavy atom. The van der Waals surface area contributed by atoms with Gasteiger partial charge in [-0.3, -0.25) is 4.70 Å². The first-order chi connectivity index (χ1) is 0. The Balaban J connectivity index is 0. The van der Waals surface area contributed by atoms with Crippen molar-refractivity contribution >= 4 is 0 Å². The van der Waals surface area contributed by atoms with Crippen LogP contribution < -0.4 is 0 Å². The van der Waals surface area contributed by atoms with Gasteiger partial charge in [-0.25, -0.2) is 0 Å². The molecule has 88 valence electrons. The van der Waals surface area contributed by atoms with Crippen LogP contribution in [0.4, 0.5) is 4.70 Å². The molecule has 0 unspecified atom stereocenters. The minimum absolute atomic E-state index is 0. The molecule has 0 rings (SSSR count). The van der Waals surface area contributed by atoms with E-state index in [1.54, 1.807) is 0 Å². The smallest absolute Gasteiger partial charge is 0.870 e. The Bertz CT molecular complexity index is 14.9. The van der Waals surface area contributed by atoms with Crippen molar-refractivity contribution in [2.45, 2.75) is 0 Å². The topological polar surface area (TPSA) is 300 Å². The maximum absolute atomic E-state index is 0. The summed E-state index contributed by atoms with van der Waals surface area (Å²) in [7, 11) is 0. The fourth-order valence-electron chi connectivity index (χ4n) is 0. The molecule has 0 saturated heterocycles. The zero-order valence-corrected chi connectivity index (χ0v) is 11.2. The second-order valence-electron chi connectivity index (χ2n) is 0. The van der Waals surface area contributed by atoms with Crippen LogP contribution in [0.5, 0.6) is 0 Å². The molecule has 0 aromatic heterocycles. The van der Waals surface area contributed by atoms with Gasteiger partial charge in [0.05, 0.1) is 0 Å². The number of hydrogen-bond acceptors (Lipinski definition) is 10. The summed E-state index contributed by atoms with van der Waals surface area (Å²) in [6, 6.07) is 0. The van der Waals surface area contributed by atoms with Crippen molar-refractivity contribution in [1.82, 2.24) is 0 Å². The molecular formula is H11FNbO10Ta. The monoisotopic (exact) mass is 464 g/mol. The van der Waals surface area contributed by atoms with Crippen LogP contribution in [0.25, 0.3) is 0 Å². The predicted molar refractivity (Wildman–Crippen MR) is 21.9 cm³/mol. The van der Waals surface area contributed by atoms with E-state index in [0.717, 1.165) is 0 Å². The Kier molecular flexibility index (Phi) is 328000. The van der Waals surface area contributed by atoms with E-state index in [1.165, 1.54) is 0 Å². The van der Waals surface area contributed by atoms with Gasteiger partial charge in [0.25, 0.3) is 0 Å². The van der Waals surface area contributed by atoms with Gasteiger partial charge in [0, 0.05) is 0 Å². The van der Waals surface area contributed by atoms with Crippen LogP contribution in [-0.2, 0) is 44.8 Å². The van der Waals surface area contributed by atoms with E-state index in [9.17, 15) is 0 Å². The third-order valence-electron chi connectivity index (χ3n) is 0. The normalized spacial score (nSPS) is 0. The maximum atomic E-state index is 0. The van der Waals surface area contributed by atoms with Crippen molar-refractivity contribution in [3.8, 4) is 0 Å². The first-order valence-electron chi connectivity index (χ1n) is 0. The van der Waals surface area contributed by atoms with Crippen molar-refractivity contribution in [2.75, 3.05) is 0 Å². The minimum atomic E-state index is 0. The predicted octanol–water partition coefficient (Wildman–Crippen LogP) is -1.62. The van der Waals surface area contributed by atoms with Gasteiger partial charge in [-0.1, -0.05) is 0 Å². The summed E-state index contributed by atoms with van der Waals surface area (Å²) in [6.45, 7) is 0. The van der Waals surface area contributed by atoms with Gasteiger partial charge >= 0.3 is 44.8 Å². The molecule has 0 aliphatic heterocycles. The largest absolute Gasteiger partial charge is 5.00 e. The van der Waals surface area contributed by atoms with Crippen LogP contribution in [-0.4, -0.2) is 54.8 Å². The quantitative estimate of drug-likeness (QED) is 0.369. The molecule has 0 atom stereocenters. The molecule has 0 radical (unpaired) electrons. The average molecular weight is 464 g/mol. The van der Waals surface area contributed by atoms with E-state index in [-0.39, 0.29) is 104 Å². The second-order valence-corrected chi connectivity index (χ2v) is 0. The van der Waals surface area contributed by atoms with Crippen LogP contribution in [0.3, 0.4) is 0 Å². The Morgan fingerprint density at radius 3 is 0.308 bits per heavy atom. The van der Waals surface area contributed by atoms with Crippen LogP contribution in [0, 0.1) is 0 Å². The van der Waals surface area contributed by atoms with Crippen LogP contribution in [0.15, 0.2) is 0 Å². The fraction of sp³-hybridized carbons (Fsp3) is 0. The molecule has 0 aliphatic rings. The standard InChI is InChI=1S/FH.Nb.10H2O.Ta/h1H;;10*1H2;/q;+5;;;;;;;;;;;+5/p-10. The minimum Gasteiger partial charge on any atom is -0.870 e. The average Bonchev–Trinajstić information content (AvgIpc) is 0. The summed E-state index contributed by atoms with van der Waals surface area (Å²) < 4.78 is 0. The molecule has 0 aromatic carbocycles. The van der Waals surface area contributed by atoms with Gasteiger partial charge in [0.2, 0.25) is 0 Å². The van der Waals surface area contributed by atoms with E-state index in [0.29, 0.717) is 0 Å². The number of halogens is 1. The van der Waals surface area contributed by atoms with Gasteiger partial charge in [0.15, 0.2) is 0 Å². The van der Waals surface area contributed by atoms with Gasteiger partial charge in [-0.15, -0.1) is 0 Å². The summed E-state index contributed by atoms with van der Waals surface area (Å²) in [5, 5.41) is 0.